The fourth-order valence-corrected chi connectivity index (χ4v) is 4.41. The lowest BCUT2D eigenvalue weighted by Gasteiger charge is -2.14. The number of halogens is 1. The maximum atomic E-state index is 13.9. The van der Waals surface area contributed by atoms with E-state index in [1.54, 1.807) is 30.1 Å². The number of H-pyrrole nitrogens is 1. The van der Waals surface area contributed by atoms with Crippen LogP contribution in [0.15, 0.2) is 83.9 Å². The number of aromatic nitrogens is 3. The summed E-state index contributed by atoms with van der Waals surface area (Å²) in [5.41, 5.74) is 2.57. The van der Waals surface area contributed by atoms with Gasteiger partial charge in [0.2, 0.25) is 0 Å². The first kappa shape index (κ1) is 23.2. The van der Waals surface area contributed by atoms with E-state index in [0.717, 1.165) is 16.9 Å². The van der Waals surface area contributed by atoms with Crippen LogP contribution in [0.1, 0.15) is 23.6 Å². The monoisotopic (exact) mass is 483 g/mol. The fourth-order valence-electron chi connectivity index (χ4n) is 4.41. The number of carbonyl (C=O) groups is 2. The molecule has 180 valence electrons. The molecule has 36 heavy (non-hydrogen) atoms. The smallest absolute Gasteiger partial charge is 0.295 e. The van der Waals surface area contributed by atoms with Gasteiger partial charge in [-0.25, -0.2) is 4.39 Å². The molecule has 8 heteroatoms. The van der Waals surface area contributed by atoms with Gasteiger partial charge < -0.3 is 0 Å². The fraction of sp³-hybridized carbons (Fsp3) is 0.143. The SMILES string of the molecule is CCc1ccc[n+](C2=C(c3c(-c4ccccc4)[nH]n(C)c3=O)C(=O)N(Cc3ccc(F)cc3)C2=O)c1. The van der Waals surface area contributed by atoms with E-state index in [9.17, 15) is 18.8 Å². The van der Waals surface area contributed by atoms with Gasteiger partial charge in [-0.15, -0.1) is 0 Å². The summed E-state index contributed by atoms with van der Waals surface area (Å²) in [7, 11) is 1.57. The Kier molecular flexibility index (Phi) is 5.93. The van der Waals surface area contributed by atoms with Crippen molar-refractivity contribution >= 4 is 23.1 Å². The molecule has 0 bridgehead atoms. The van der Waals surface area contributed by atoms with Crippen molar-refractivity contribution in [2.75, 3.05) is 0 Å². The second kappa shape index (κ2) is 9.22. The number of hydrogen-bond donors (Lipinski definition) is 1. The lowest BCUT2D eigenvalue weighted by Crippen LogP contribution is -2.39. The molecule has 3 heterocycles. The van der Waals surface area contributed by atoms with Gasteiger partial charge in [-0.1, -0.05) is 49.4 Å². The van der Waals surface area contributed by atoms with E-state index >= 15 is 0 Å². The Bertz CT molecular complexity index is 1570. The average Bonchev–Trinajstić information content (AvgIpc) is 3.32. The van der Waals surface area contributed by atoms with Gasteiger partial charge >= 0.3 is 5.91 Å². The molecule has 0 saturated heterocycles. The van der Waals surface area contributed by atoms with Crippen molar-refractivity contribution in [2.45, 2.75) is 19.9 Å². The van der Waals surface area contributed by atoms with Crippen LogP contribution in [0, 0.1) is 5.82 Å². The van der Waals surface area contributed by atoms with Gasteiger partial charge in [-0.2, -0.15) is 4.57 Å². The third kappa shape index (κ3) is 3.96. The Morgan fingerprint density at radius 2 is 1.61 bits per heavy atom. The Morgan fingerprint density at radius 3 is 2.31 bits per heavy atom. The van der Waals surface area contributed by atoms with E-state index in [0.29, 0.717) is 16.8 Å². The van der Waals surface area contributed by atoms with E-state index in [1.165, 1.54) is 28.9 Å². The van der Waals surface area contributed by atoms with Crippen LogP contribution in [0.2, 0.25) is 0 Å². The van der Waals surface area contributed by atoms with Crippen LogP contribution in [0.3, 0.4) is 0 Å². The first-order chi connectivity index (χ1) is 17.4. The summed E-state index contributed by atoms with van der Waals surface area (Å²) in [6.45, 7) is 1.94. The number of aromatic amines is 1. The van der Waals surface area contributed by atoms with Gasteiger partial charge in [0, 0.05) is 24.2 Å². The highest BCUT2D eigenvalue weighted by molar-refractivity contribution is 6.45. The Morgan fingerprint density at radius 1 is 0.889 bits per heavy atom. The minimum Gasteiger partial charge on any atom is -0.295 e. The Balaban J connectivity index is 1.73. The van der Waals surface area contributed by atoms with Gasteiger partial charge in [0.1, 0.15) is 11.4 Å². The van der Waals surface area contributed by atoms with Gasteiger partial charge in [0.25, 0.3) is 17.2 Å². The second-order valence-electron chi connectivity index (χ2n) is 8.61. The number of rotatable bonds is 6. The predicted molar refractivity (Wildman–Crippen MR) is 133 cm³/mol. The van der Waals surface area contributed by atoms with E-state index < -0.39 is 23.2 Å². The predicted octanol–water partition coefficient (Wildman–Crippen LogP) is 3.31. The molecule has 0 saturated carbocycles. The summed E-state index contributed by atoms with van der Waals surface area (Å²) < 4.78 is 16.4. The number of hydrogen-bond acceptors (Lipinski definition) is 3. The minimum atomic E-state index is -0.581. The highest BCUT2D eigenvalue weighted by atomic mass is 19.1. The number of pyridine rings is 1. The molecule has 2 amide bonds. The zero-order valence-corrected chi connectivity index (χ0v) is 19.9. The number of nitrogens with one attached hydrogen (secondary N) is 1. The molecular formula is C28H24FN4O3+. The normalized spacial score (nSPS) is 13.7. The summed E-state index contributed by atoms with van der Waals surface area (Å²) in [5.74, 6) is -1.52. The number of nitrogens with zero attached hydrogens (tertiary/aromatic N) is 3. The van der Waals surface area contributed by atoms with Gasteiger partial charge in [-0.3, -0.25) is 29.1 Å². The average molecular weight is 484 g/mol. The molecule has 0 fully saturated rings. The molecule has 2 aromatic carbocycles. The van der Waals surface area contributed by atoms with E-state index in [1.807, 2.05) is 43.3 Å². The number of carbonyl (C=O) groups excluding carboxylic acids is 2. The maximum absolute atomic E-state index is 13.9. The largest absolute Gasteiger partial charge is 0.327 e. The summed E-state index contributed by atoms with van der Waals surface area (Å²) in [4.78, 5) is 42.1. The van der Waals surface area contributed by atoms with Crippen molar-refractivity contribution in [3.8, 4) is 11.3 Å². The van der Waals surface area contributed by atoms with E-state index in [4.69, 9.17) is 0 Å². The minimum absolute atomic E-state index is 0.0288. The van der Waals surface area contributed by atoms with Crippen LogP contribution in [0.25, 0.3) is 22.5 Å². The third-order valence-electron chi connectivity index (χ3n) is 6.29. The molecule has 4 aromatic rings. The molecule has 0 radical (unpaired) electrons. The first-order valence-electron chi connectivity index (χ1n) is 11.6. The second-order valence-corrected chi connectivity index (χ2v) is 8.61. The molecule has 0 atom stereocenters. The van der Waals surface area contributed by atoms with E-state index in [-0.39, 0.29) is 23.4 Å². The van der Waals surface area contributed by atoms with Crippen molar-refractivity contribution in [1.82, 2.24) is 14.7 Å². The molecule has 0 aliphatic carbocycles. The highest BCUT2D eigenvalue weighted by Gasteiger charge is 2.47. The van der Waals surface area contributed by atoms with Crippen molar-refractivity contribution in [3.05, 3.63) is 112 Å². The standard InChI is InChI=1S/C28H23FN4O3/c1-3-18-8-7-15-32(16-18)25-23(22-24(30-31(2)26(22)34)20-9-5-4-6-10-20)27(35)33(28(25)36)17-19-11-13-21(29)14-12-19/h4-16H,3,17H2,1-2H3/p+1. The highest BCUT2D eigenvalue weighted by Crippen LogP contribution is 2.34. The lowest BCUT2D eigenvalue weighted by molar-refractivity contribution is -0.577. The lowest BCUT2D eigenvalue weighted by atomic mass is 10.0. The third-order valence-corrected chi connectivity index (χ3v) is 6.29. The molecular weight excluding hydrogens is 459 g/mol. The number of imide groups is 1. The number of benzene rings is 2. The zero-order chi connectivity index (χ0) is 25.4. The molecule has 2 aromatic heterocycles. The van der Waals surface area contributed by atoms with Gasteiger partial charge in [0.05, 0.1) is 17.8 Å². The van der Waals surface area contributed by atoms with Gasteiger partial charge in [-0.05, 0) is 30.2 Å². The van der Waals surface area contributed by atoms with Crippen LogP contribution >= 0.6 is 0 Å². The molecule has 1 N–H and O–H groups in total. The van der Waals surface area contributed by atoms with Crippen molar-refractivity contribution in [1.29, 1.82) is 0 Å². The number of amides is 2. The number of aryl methyl sites for hydroxylation is 2. The molecule has 7 nitrogen and oxygen atoms in total. The van der Waals surface area contributed by atoms with Crippen LogP contribution < -0.4 is 10.1 Å². The van der Waals surface area contributed by atoms with Gasteiger partial charge in [0.15, 0.2) is 12.4 Å². The van der Waals surface area contributed by atoms with Crippen molar-refractivity contribution in [3.63, 3.8) is 0 Å². The molecule has 0 spiro atoms. The van der Waals surface area contributed by atoms with E-state index in [2.05, 4.69) is 5.10 Å². The Labute approximate surface area is 206 Å². The topological polar surface area (TPSA) is 79.1 Å². The maximum Gasteiger partial charge on any atom is 0.327 e. The van der Waals surface area contributed by atoms with Crippen LogP contribution in [0.4, 0.5) is 4.39 Å². The quantitative estimate of drug-likeness (QED) is 0.338. The summed E-state index contributed by atoms with van der Waals surface area (Å²) in [6.07, 6.45) is 4.22. The van der Waals surface area contributed by atoms with Crippen LogP contribution in [0.5, 0.6) is 0 Å². The van der Waals surface area contributed by atoms with Crippen molar-refractivity contribution in [2.24, 2.45) is 7.05 Å². The van der Waals surface area contributed by atoms with Crippen molar-refractivity contribution < 1.29 is 18.5 Å². The summed E-state index contributed by atoms with van der Waals surface area (Å²) >= 11 is 0. The Hall–Kier alpha value is -4.59. The summed E-state index contributed by atoms with van der Waals surface area (Å²) in [6, 6.07) is 18.5. The zero-order valence-electron chi connectivity index (χ0n) is 19.9. The molecule has 5 rings (SSSR count). The summed E-state index contributed by atoms with van der Waals surface area (Å²) in [5, 5.41) is 3.04. The molecule has 1 aliphatic rings. The first-order valence-corrected chi connectivity index (χ1v) is 11.6. The molecule has 0 unspecified atom stereocenters. The van der Waals surface area contributed by atoms with Crippen LogP contribution in [-0.2, 0) is 29.6 Å². The van der Waals surface area contributed by atoms with Crippen LogP contribution in [-0.4, -0.2) is 26.5 Å². The molecule has 1 aliphatic heterocycles.